The maximum absolute atomic E-state index is 12.7. The molecule has 6 nitrogen and oxygen atoms in total. The molecular formula is C25H23NO5S. The normalized spacial score (nSPS) is 14.9. The summed E-state index contributed by atoms with van der Waals surface area (Å²) in [5.41, 5.74) is 3.81. The second-order valence-corrected chi connectivity index (χ2v) is 8.58. The number of rotatable bonds is 7. The van der Waals surface area contributed by atoms with E-state index in [-0.39, 0.29) is 23.1 Å². The van der Waals surface area contributed by atoms with Gasteiger partial charge in [0.25, 0.3) is 0 Å². The summed E-state index contributed by atoms with van der Waals surface area (Å²) >= 11 is 1.21. The van der Waals surface area contributed by atoms with Crippen LogP contribution in [0.5, 0.6) is 11.5 Å². The molecule has 2 aromatic carbocycles. The van der Waals surface area contributed by atoms with Gasteiger partial charge >= 0.3 is 5.97 Å². The number of nitrogens with one attached hydrogen (secondary N) is 1. The first-order valence-electron chi connectivity index (χ1n) is 10.1. The van der Waals surface area contributed by atoms with Crippen LogP contribution in [-0.4, -0.2) is 30.7 Å². The molecule has 0 radical (unpaired) electrons. The minimum Gasteiger partial charge on any atom is -0.493 e. The number of hydrogen-bond acceptors (Lipinski definition) is 5. The number of carboxylic acid groups (broad SMARTS) is 1. The molecule has 1 aliphatic rings. The fourth-order valence-corrected chi connectivity index (χ4v) is 5.12. The van der Waals surface area contributed by atoms with E-state index in [0.29, 0.717) is 29.4 Å². The Hall–Kier alpha value is -3.58. The Bertz CT molecular complexity index is 1200. The van der Waals surface area contributed by atoms with Gasteiger partial charge in [-0.05, 0) is 30.2 Å². The van der Waals surface area contributed by atoms with Crippen molar-refractivity contribution in [2.24, 2.45) is 0 Å². The van der Waals surface area contributed by atoms with E-state index in [1.807, 2.05) is 43.3 Å². The van der Waals surface area contributed by atoms with Gasteiger partial charge in [0, 0.05) is 22.8 Å². The Kier molecular flexibility index (Phi) is 6.01. The molecule has 0 spiro atoms. The van der Waals surface area contributed by atoms with Crippen LogP contribution in [0, 0.1) is 6.92 Å². The van der Waals surface area contributed by atoms with Crippen LogP contribution in [0.2, 0.25) is 0 Å². The minimum atomic E-state index is -1.02. The molecule has 1 aliphatic heterocycles. The van der Waals surface area contributed by atoms with Gasteiger partial charge in [-0.25, -0.2) is 4.79 Å². The van der Waals surface area contributed by atoms with E-state index in [1.165, 1.54) is 11.3 Å². The van der Waals surface area contributed by atoms with Crippen molar-refractivity contribution in [2.45, 2.75) is 19.3 Å². The summed E-state index contributed by atoms with van der Waals surface area (Å²) in [5, 5.41) is 12.8. The van der Waals surface area contributed by atoms with E-state index >= 15 is 0 Å². The highest BCUT2D eigenvalue weighted by Gasteiger charge is 2.34. The maximum Gasteiger partial charge on any atom is 0.346 e. The highest BCUT2D eigenvalue weighted by Crippen LogP contribution is 2.50. The lowest BCUT2D eigenvalue weighted by molar-refractivity contribution is -0.116. The number of hydrogen-bond donors (Lipinski definition) is 2. The summed E-state index contributed by atoms with van der Waals surface area (Å²) in [6.07, 6.45) is 1.87. The first-order valence-corrected chi connectivity index (χ1v) is 10.9. The van der Waals surface area contributed by atoms with E-state index in [0.717, 1.165) is 21.6 Å². The number of methoxy groups -OCH3 is 1. The van der Waals surface area contributed by atoms with Crippen LogP contribution in [0.3, 0.4) is 0 Å². The van der Waals surface area contributed by atoms with Crippen LogP contribution < -0.4 is 14.8 Å². The minimum absolute atomic E-state index is 0.156. The third-order valence-corrected chi connectivity index (χ3v) is 6.68. The number of aryl methyl sites for hydroxylation is 1. The van der Waals surface area contributed by atoms with Crippen molar-refractivity contribution >= 4 is 28.9 Å². The molecule has 0 saturated heterocycles. The molecule has 0 aliphatic carbocycles. The van der Waals surface area contributed by atoms with Crippen LogP contribution in [0.1, 0.15) is 38.0 Å². The molecule has 0 saturated carbocycles. The van der Waals surface area contributed by atoms with Crippen LogP contribution in [0.4, 0.5) is 5.69 Å². The molecule has 1 aromatic heterocycles. The molecule has 7 heteroatoms. The van der Waals surface area contributed by atoms with E-state index < -0.39 is 5.97 Å². The van der Waals surface area contributed by atoms with Gasteiger partial charge < -0.3 is 19.9 Å². The number of anilines is 1. The van der Waals surface area contributed by atoms with Gasteiger partial charge in [0.2, 0.25) is 5.91 Å². The Labute approximate surface area is 190 Å². The lowest BCUT2D eigenvalue weighted by Crippen LogP contribution is -2.22. The largest absolute Gasteiger partial charge is 0.493 e. The Morgan fingerprint density at radius 3 is 2.66 bits per heavy atom. The topological polar surface area (TPSA) is 84.9 Å². The number of carboxylic acids is 1. The van der Waals surface area contributed by atoms with Crippen molar-refractivity contribution in [3.63, 3.8) is 0 Å². The monoisotopic (exact) mass is 449 g/mol. The van der Waals surface area contributed by atoms with Gasteiger partial charge in [0.1, 0.15) is 11.5 Å². The number of carbonyl (C=O) groups is 2. The standard InChI is InChI=1S/C25H23NO5S/c1-4-11-31-18-10-9-16(12-19(18)30-3)17-13-20(27)26-22-21(15-7-5-14(2)6-8-15)24(25(28)29)32-23(17)22/h4-10,12,17H,1,11,13H2,2-3H3,(H,26,27)(H,28,29)/t17-/m0/s1. The molecular weight excluding hydrogens is 426 g/mol. The Morgan fingerprint density at radius 2 is 2.00 bits per heavy atom. The second kappa shape index (κ2) is 8.88. The SMILES string of the molecule is C=CCOc1ccc([C@@H]2CC(=O)Nc3c2sc(C(=O)O)c3-c2ccc(C)cc2)cc1OC. The van der Waals surface area contributed by atoms with Crippen molar-refractivity contribution < 1.29 is 24.2 Å². The van der Waals surface area contributed by atoms with Crippen LogP contribution in [0.25, 0.3) is 11.1 Å². The van der Waals surface area contributed by atoms with E-state index in [9.17, 15) is 14.7 Å². The Morgan fingerprint density at radius 1 is 1.25 bits per heavy atom. The summed E-state index contributed by atoms with van der Waals surface area (Å²) < 4.78 is 11.1. The number of amides is 1. The van der Waals surface area contributed by atoms with Gasteiger partial charge in [-0.2, -0.15) is 0 Å². The zero-order chi connectivity index (χ0) is 22.8. The average Bonchev–Trinajstić information content (AvgIpc) is 3.17. The molecule has 4 rings (SSSR count). The summed E-state index contributed by atoms with van der Waals surface area (Å²) in [4.78, 5) is 25.8. The molecule has 164 valence electrons. The van der Waals surface area contributed by atoms with Crippen LogP contribution in [0.15, 0.2) is 55.1 Å². The second-order valence-electron chi connectivity index (χ2n) is 7.53. The Balaban J connectivity index is 1.84. The molecule has 1 atom stereocenters. The van der Waals surface area contributed by atoms with Gasteiger partial charge in [-0.1, -0.05) is 48.6 Å². The molecule has 0 unspecified atom stereocenters. The first-order chi connectivity index (χ1) is 15.4. The van der Waals surface area contributed by atoms with Crippen molar-refractivity contribution in [3.8, 4) is 22.6 Å². The molecule has 2 heterocycles. The number of thiophene rings is 1. The maximum atomic E-state index is 12.7. The molecule has 0 bridgehead atoms. The molecule has 3 aromatic rings. The van der Waals surface area contributed by atoms with Gasteiger partial charge in [0.05, 0.1) is 12.8 Å². The van der Waals surface area contributed by atoms with E-state index in [2.05, 4.69) is 11.9 Å². The van der Waals surface area contributed by atoms with Gasteiger partial charge in [-0.15, -0.1) is 11.3 Å². The van der Waals surface area contributed by atoms with Crippen molar-refractivity contribution in [1.29, 1.82) is 0 Å². The highest BCUT2D eigenvalue weighted by molar-refractivity contribution is 7.15. The number of fused-ring (bicyclic) bond motifs is 1. The number of carbonyl (C=O) groups excluding carboxylic acids is 1. The van der Waals surface area contributed by atoms with Gasteiger partial charge in [0.15, 0.2) is 11.5 Å². The average molecular weight is 450 g/mol. The lowest BCUT2D eigenvalue weighted by Gasteiger charge is -2.24. The third kappa shape index (κ3) is 3.99. The molecule has 0 fully saturated rings. The van der Waals surface area contributed by atoms with Crippen molar-refractivity contribution in [2.75, 3.05) is 19.0 Å². The summed E-state index contributed by atoms with van der Waals surface area (Å²) in [7, 11) is 1.56. The van der Waals surface area contributed by atoms with Crippen LogP contribution >= 0.6 is 11.3 Å². The van der Waals surface area contributed by atoms with Crippen molar-refractivity contribution in [3.05, 3.63) is 76.0 Å². The first kappa shape index (κ1) is 21.6. The quantitative estimate of drug-likeness (QED) is 0.467. The van der Waals surface area contributed by atoms with Crippen molar-refractivity contribution in [1.82, 2.24) is 0 Å². The van der Waals surface area contributed by atoms with Gasteiger partial charge in [-0.3, -0.25) is 4.79 Å². The van der Waals surface area contributed by atoms with E-state index in [1.54, 1.807) is 19.3 Å². The third-order valence-electron chi connectivity index (χ3n) is 5.39. The smallest absolute Gasteiger partial charge is 0.346 e. The molecule has 1 amide bonds. The number of benzene rings is 2. The lowest BCUT2D eigenvalue weighted by atomic mass is 9.88. The summed E-state index contributed by atoms with van der Waals surface area (Å²) in [6.45, 7) is 5.97. The highest BCUT2D eigenvalue weighted by atomic mass is 32.1. The zero-order valence-electron chi connectivity index (χ0n) is 17.8. The predicted octanol–water partition coefficient (Wildman–Crippen LogP) is 5.47. The summed E-state index contributed by atoms with van der Waals surface area (Å²) in [6, 6.07) is 13.2. The van der Waals surface area contributed by atoms with E-state index in [4.69, 9.17) is 9.47 Å². The molecule has 32 heavy (non-hydrogen) atoms. The summed E-state index contributed by atoms with van der Waals surface area (Å²) in [5.74, 6) is -0.335. The molecule has 2 N–H and O–H groups in total. The number of aromatic carboxylic acids is 1. The zero-order valence-corrected chi connectivity index (χ0v) is 18.6. The predicted molar refractivity (Wildman–Crippen MR) is 125 cm³/mol. The fourth-order valence-electron chi connectivity index (χ4n) is 3.87. The fraction of sp³-hybridized carbons (Fsp3) is 0.200. The van der Waals surface area contributed by atoms with Crippen LogP contribution in [-0.2, 0) is 4.79 Å². The number of ether oxygens (including phenoxy) is 2.